The van der Waals surface area contributed by atoms with Crippen LogP contribution in [0.3, 0.4) is 0 Å². The summed E-state index contributed by atoms with van der Waals surface area (Å²) >= 11 is 0. The van der Waals surface area contributed by atoms with Gasteiger partial charge >= 0.3 is 5.97 Å². The second-order valence-electron chi connectivity index (χ2n) is 6.13. The van der Waals surface area contributed by atoms with Gasteiger partial charge in [0.15, 0.2) is 17.6 Å². The second-order valence-corrected chi connectivity index (χ2v) is 6.13. The number of rotatable bonds is 6. The smallest absolute Gasteiger partial charge is 0.339 e. The maximum Gasteiger partial charge on any atom is 0.339 e. The number of esters is 1. The Hall–Kier alpha value is -3.82. The van der Waals surface area contributed by atoms with E-state index in [9.17, 15) is 19.7 Å². The molecule has 1 atom stereocenters. The Kier molecular flexibility index (Phi) is 5.82. The van der Waals surface area contributed by atoms with Gasteiger partial charge in [0.1, 0.15) is 18.9 Å². The van der Waals surface area contributed by atoms with Gasteiger partial charge in [-0.15, -0.1) is 0 Å². The van der Waals surface area contributed by atoms with E-state index in [4.69, 9.17) is 14.2 Å². The van der Waals surface area contributed by atoms with Gasteiger partial charge in [0, 0.05) is 24.9 Å². The first-order valence-electron chi connectivity index (χ1n) is 8.76. The molecule has 0 aromatic heterocycles. The van der Waals surface area contributed by atoms with Crippen LogP contribution in [0.1, 0.15) is 17.3 Å². The van der Waals surface area contributed by atoms with Gasteiger partial charge in [-0.25, -0.2) is 4.79 Å². The number of nitrogens with zero attached hydrogens (tertiary/aromatic N) is 1. The van der Waals surface area contributed by atoms with E-state index < -0.39 is 22.9 Å². The summed E-state index contributed by atoms with van der Waals surface area (Å²) in [7, 11) is 1.53. The molecule has 10 heteroatoms. The van der Waals surface area contributed by atoms with Crippen LogP contribution in [0.2, 0.25) is 0 Å². The monoisotopic (exact) mass is 401 g/mol. The standard InChI is InChI=1S/C19H19N3O7/c1-11(18(23)21-13-4-6-16-17(10-13)28-8-7-27-16)29-19(24)12-3-5-14(20-2)15(9-12)22(25)26/h3-6,9-11,20H,7-8H2,1-2H3,(H,21,23). The van der Waals surface area contributed by atoms with Crippen molar-refractivity contribution in [3.8, 4) is 11.5 Å². The van der Waals surface area contributed by atoms with Crippen molar-refractivity contribution < 1.29 is 28.7 Å². The first kappa shape index (κ1) is 19.9. The van der Waals surface area contributed by atoms with E-state index in [-0.39, 0.29) is 16.9 Å². The van der Waals surface area contributed by atoms with E-state index in [0.717, 1.165) is 6.07 Å². The van der Waals surface area contributed by atoms with E-state index >= 15 is 0 Å². The highest BCUT2D eigenvalue weighted by molar-refractivity contribution is 5.98. The number of nitro groups is 1. The molecule has 1 aliphatic rings. The average Bonchev–Trinajstić information content (AvgIpc) is 2.72. The molecule has 1 heterocycles. The van der Waals surface area contributed by atoms with E-state index in [1.165, 1.54) is 26.1 Å². The zero-order valence-electron chi connectivity index (χ0n) is 15.8. The molecule has 2 N–H and O–H groups in total. The third-order valence-corrected chi connectivity index (χ3v) is 4.16. The van der Waals surface area contributed by atoms with Crippen molar-refractivity contribution in [2.45, 2.75) is 13.0 Å². The Morgan fingerprint density at radius 3 is 2.55 bits per heavy atom. The zero-order valence-corrected chi connectivity index (χ0v) is 15.8. The SMILES string of the molecule is CNc1ccc(C(=O)OC(C)C(=O)Nc2ccc3c(c2)OCCO3)cc1[N+](=O)[O-]. The van der Waals surface area contributed by atoms with Crippen LogP contribution in [0.4, 0.5) is 17.1 Å². The summed E-state index contributed by atoms with van der Waals surface area (Å²) in [5.41, 5.74) is 0.414. The maximum atomic E-state index is 12.3. The second kappa shape index (κ2) is 8.46. The molecular formula is C19H19N3O7. The number of carbonyl (C=O) groups excluding carboxylic acids is 2. The van der Waals surface area contributed by atoms with Crippen LogP contribution in [0.25, 0.3) is 0 Å². The Morgan fingerprint density at radius 2 is 1.86 bits per heavy atom. The van der Waals surface area contributed by atoms with Crippen molar-refractivity contribution in [3.05, 3.63) is 52.1 Å². The highest BCUT2D eigenvalue weighted by Crippen LogP contribution is 2.32. The molecule has 0 radical (unpaired) electrons. The van der Waals surface area contributed by atoms with Gasteiger partial charge in [-0.05, 0) is 31.2 Å². The fourth-order valence-electron chi connectivity index (χ4n) is 2.67. The lowest BCUT2D eigenvalue weighted by Gasteiger charge is -2.19. The Morgan fingerprint density at radius 1 is 1.14 bits per heavy atom. The molecule has 0 bridgehead atoms. The van der Waals surface area contributed by atoms with Crippen LogP contribution in [-0.4, -0.2) is 43.2 Å². The number of amides is 1. The quantitative estimate of drug-likeness (QED) is 0.429. The Balaban J connectivity index is 1.65. The largest absolute Gasteiger partial charge is 0.486 e. The number of nitrogens with one attached hydrogen (secondary N) is 2. The number of fused-ring (bicyclic) bond motifs is 1. The normalized spacial score (nSPS) is 13.2. The maximum absolute atomic E-state index is 12.3. The molecule has 0 saturated carbocycles. The number of benzene rings is 2. The molecule has 1 aliphatic heterocycles. The van der Waals surface area contributed by atoms with Gasteiger partial charge in [0.05, 0.1) is 10.5 Å². The van der Waals surface area contributed by atoms with E-state index in [0.29, 0.717) is 30.4 Å². The molecule has 0 saturated heterocycles. The molecule has 0 fully saturated rings. The van der Waals surface area contributed by atoms with Gasteiger partial charge in [-0.2, -0.15) is 0 Å². The van der Waals surface area contributed by atoms with Crippen molar-refractivity contribution in [2.75, 3.05) is 30.9 Å². The lowest BCUT2D eigenvalue weighted by Crippen LogP contribution is -2.30. The molecule has 1 unspecified atom stereocenters. The first-order valence-corrected chi connectivity index (χ1v) is 8.76. The average molecular weight is 401 g/mol. The topological polar surface area (TPSA) is 129 Å². The van der Waals surface area contributed by atoms with Gasteiger partial charge in [0.2, 0.25) is 0 Å². The van der Waals surface area contributed by atoms with Crippen molar-refractivity contribution in [1.29, 1.82) is 0 Å². The zero-order chi connectivity index (χ0) is 21.0. The van der Waals surface area contributed by atoms with Crippen molar-refractivity contribution in [2.24, 2.45) is 0 Å². The van der Waals surface area contributed by atoms with Crippen molar-refractivity contribution in [3.63, 3.8) is 0 Å². The van der Waals surface area contributed by atoms with Crippen LogP contribution >= 0.6 is 0 Å². The third-order valence-electron chi connectivity index (χ3n) is 4.16. The minimum atomic E-state index is -1.13. The van der Waals surface area contributed by atoms with E-state index in [1.807, 2.05) is 0 Å². The molecule has 2 aromatic carbocycles. The summed E-state index contributed by atoms with van der Waals surface area (Å²) < 4.78 is 16.0. The predicted octanol–water partition coefficient (Wildman–Crippen LogP) is 2.59. The highest BCUT2D eigenvalue weighted by atomic mass is 16.6. The summed E-state index contributed by atoms with van der Waals surface area (Å²) in [6.45, 7) is 2.28. The lowest BCUT2D eigenvalue weighted by atomic mass is 10.1. The summed E-state index contributed by atoms with van der Waals surface area (Å²) in [5.74, 6) is -0.312. The number of ether oxygens (including phenoxy) is 3. The molecule has 1 amide bonds. The molecule has 152 valence electrons. The number of anilines is 2. The van der Waals surface area contributed by atoms with Gasteiger partial charge in [-0.1, -0.05) is 0 Å². The molecule has 0 aliphatic carbocycles. The van der Waals surface area contributed by atoms with Crippen molar-refractivity contribution >= 4 is 28.9 Å². The highest BCUT2D eigenvalue weighted by Gasteiger charge is 2.23. The molecule has 10 nitrogen and oxygen atoms in total. The third kappa shape index (κ3) is 4.54. The minimum Gasteiger partial charge on any atom is -0.486 e. The molecular weight excluding hydrogens is 382 g/mol. The van der Waals surface area contributed by atoms with Crippen LogP contribution in [0.15, 0.2) is 36.4 Å². The molecule has 2 aromatic rings. The van der Waals surface area contributed by atoms with Crippen LogP contribution in [-0.2, 0) is 9.53 Å². The minimum absolute atomic E-state index is 0.0327. The van der Waals surface area contributed by atoms with Crippen LogP contribution in [0.5, 0.6) is 11.5 Å². The summed E-state index contributed by atoms with van der Waals surface area (Å²) in [5, 5.41) is 16.4. The molecule has 0 spiro atoms. The Bertz CT molecular complexity index is 961. The summed E-state index contributed by atoms with van der Waals surface area (Å²) in [4.78, 5) is 35.2. The van der Waals surface area contributed by atoms with Crippen LogP contribution < -0.4 is 20.1 Å². The molecule has 29 heavy (non-hydrogen) atoms. The predicted molar refractivity (Wildman–Crippen MR) is 104 cm³/mol. The number of nitro benzene ring substituents is 1. The summed E-state index contributed by atoms with van der Waals surface area (Å²) in [6, 6.07) is 8.80. The van der Waals surface area contributed by atoms with Gasteiger partial charge < -0.3 is 24.8 Å². The van der Waals surface area contributed by atoms with Gasteiger partial charge in [0.25, 0.3) is 11.6 Å². The first-order chi connectivity index (χ1) is 13.9. The number of hydrogen-bond donors (Lipinski definition) is 2. The van der Waals surface area contributed by atoms with Crippen LogP contribution in [0, 0.1) is 10.1 Å². The Labute approximate surface area is 165 Å². The fourth-order valence-corrected chi connectivity index (χ4v) is 2.67. The van der Waals surface area contributed by atoms with E-state index in [2.05, 4.69) is 10.6 Å². The lowest BCUT2D eigenvalue weighted by molar-refractivity contribution is -0.384. The summed E-state index contributed by atoms with van der Waals surface area (Å²) in [6.07, 6.45) is -1.13. The number of hydrogen-bond acceptors (Lipinski definition) is 8. The van der Waals surface area contributed by atoms with Gasteiger partial charge in [-0.3, -0.25) is 14.9 Å². The van der Waals surface area contributed by atoms with Crippen molar-refractivity contribution in [1.82, 2.24) is 0 Å². The fraction of sp³-hybridized carbons (Fsp3) is 0.263. The number of carbonyl (C=O) groups is 2. The molecule has 3 rings (SSSR count). The van der Waals surface area contributed by atoms with E-state index in [1.54, 1.807) is 18.2 Å².